The molecule has 1 aliphatic rings. The van der Waals surface area contributed by atoms with Gasteiger partial charge in [0.15, 0.2) is 0 Å². The van der Waals surface area contributed by atoms with Crippen molar-refractivity contribution in [2.24, 2.45) is 0 Å². The molecule has 2 aromatic rings. The largest absolute Gasteiger partial charge is 0.399 e. The molecule has 1 saturated carbocycles. The second-order valence-electron chi connectivity index (χ2n) is 5.30. The summed E-state index contributed by atoms with van der Waals surface area (Å²) in [5.41, 5.74) is 8.94. The molecule has 0 bridgehead atoms. The first-order valence-electron chi connectivity index (χ1n) is 7.05. The van der Waals surface area contributed by atoms with Crippen LogP contribution in [0.4, 0.5) is 5.69 Å². The molecular weight excluding hydrogens is 222 g/mol. The molecule has 0 amide bonds. The molecule has 1 aromatic carbocycles. The molecule has 0 saturated heterocycles. The van der Waals surface area contributed by atoms with Crippen LogP contribution in [-0.2, 0) is 6.54 Å². The predicted molar refractivity (Wildman–Crippen MR) is 75.6 cm³/mol. The normalized spacial score (nSPS) is 17.4. The predicted octanol–water partition coefficient (Wildman–Crippen LogP) is 3.69. The fourth-order valence-electron chi connectivity index (χ4n) is 3.17. The molecule has 3 nitrogen and oxygen atoms in total. The maximum Gasteiger partial charge on any atom is 0.112 e. The van der Waals surface area contributed by atoms with Crippen molar-refractivity contribution < 1.29 is 0 Å². The van der Waals surface area contributed by atoms with E-state index in [1.165, 1.54) is 43.4 Å². The zero-order valence-electron chi connectivity index (χ0n) is 11.0. The van der Waals surface area contributed by atoms with E-state index in [4.69, 9.17) is 10.7 Å². The number of nitrogens with zero attached hydrogens (tertiary/aromatic N) is 2. The number of hydrogen-bond acceptors (Lipinski definition) is 2. The zero-order valence-corrected chi connectivity index (χ0v) is 11.0. The Bertz CT molecular complexity index is 550. The third-order valence-electron chi connectivity index (χ3n) is 4.09. The Labute approximate surface area is 108 Å². The number of rotatable bonds is 2. The van der Waals surface area contributed by atoms with Crippen LogP contribution in [0, 0.1) is 0 Å². The first-order chi connectivity index (χ1) is 8.79. The first-order valence-corrected chi connectivity index (χ1v) is 7.05. The van der Waals surface area contributed by atoms with Crippen LogP contribution in [0.25, 0.3) is 11.0 Å². The van der Waals surface area contributed by atoms with Gasteiger partial charge in [-0.15, -0.1) is 0 Å². The van der Waals surface area contributed by atoms with E-state index in [9.17, 15) is 0 Å². The zero-order chi connectivity index (χ0) is 12.5. The first kappa shape index (κ1) is 11.6. The van der Waals surface area contributed by atoms with Gasteiger partial charge in [0, 0.05) is 18.2 Å². The lowest BCUT2D eigenvalue weighted by Gasteiger charge is -2.21. The summed E-state index contributed by atoms with van der Waals surface area (Å²) in [6.45, 7) is 3.19. The van der Waals surface area contributed by atoms with Gasteiger partial charge in [-0.25, -0.2) is 4.98 Å². The van der Waals surface area contributed by atoms with Crippen LogP contribution in [-0.4, -0.2) is 9.55 Å². The smallest absolute Gasteiger partial charge is 0.112 e. The molecule has 0 unspecified atom stereocenters. The van der Waals surface area contributed by atoms with Crippen molar-refractivity contribution in [1.82, 2.24) is 9.55 Å². The van der Waals surface area contributed by atoms with Crippen molar-refractivity contribution in [3.8, 4) is 0 Å². The van der Waals surface area contributed by atoms with Gasteiger partial charge in [0.2, 0.25) is 0 Å². The van der Waals surface area contributed by atoms with Crippen LogP contribution < -0.4 is 5.73 Å². The van der Waals surface area contributed by atoms with E-state index in [0.29, 0.717) is 5.92 Å². The van der Waals surface area contributed by atoms with E-state index in [-0.39, 0.29) is 0 Å². The van der Waals surface area contributed by atoms with Gasteiger partial charge in [-0.3, -0.25) is 0 Å². The highest BCUT2D eigenvalue weighted by Gasteiger charge is 2.21. The van der Waals surface area contributed by atoms with Gasteiger partial charge in [-0.1, -0.05) is 19.3 Å². The SMILES string of the molecule is CCn1c(C2CCCCC2)nc2cc(N)ccc21. The van der Waals surface area contributed by atoms with E-state index in [0.717, 1.165) is 17.7 Å². The number of nitrogens with two attached hydrogens (primary N) is 1. The summed E-state index contributed by atoms with van der Waals surface area (Å²) in [7, 11) is 0. The van der Waals surface area contributed by atoms with Crippen LogP contribution in [0.15, 0.2) is 18.2 Å². The minimum Gasteiger partial charge on any atom is -0.399 e. The minimum atomic E-state index is 0.646. The maximum absolute atomic E-state index is 5.85. The summed E-state index contributed by atoms with van der Waals surface area (Å²) in [4.78, 5) is 4.85. The third kappa shape index (κ3) is 1.88. The molecule has 3 rings (SSSR count). The van der Waals surface area contributed by atoms with Crippen molar-refractivity contribution in [3.63, 3.8) is 0 Å². The van der Waals surface area contributed by atoms with Gasteiger partial charge in [0.1, 0.15) is 5.82 Å². The van der Waals surface area contributed by atoms with Gasteiger partial charge in [0.05, 0.1) is 11.0 Å². The minimum absolute atomic E-state index is 0.646. The molecule has 1 fully saturated rings. The standard InChI is InChI=1S/C15H21N3/c1-2-18-14-9-8-12(16)10-13(14)17-15(18)11-6-4-3-5-7-11/h8-11H,2-7,16H2,1H3. The number of imidazole rings is 1. The fourth-order valence-corrected chi connectivity index (χ4v) is 3.17. The molecule has 0 radical (unpaired) electrons. The molecule has 3 heteroatoms. The molecule has 1 aromatic heterocycles. The number of hydrogen-bond donors (Lipinski definition) is 1. The lowest BCUT2D eigenvalue weighted by molar-refractivity contribution is 0.419. The summed E-state index contributed by atoms with van der Waals surface area (Å²) in [6.07, 6.45) is 6.66. The van der Waals surface area contributed by atoms with E-state index in [1.54, 1.807) is 0 Å². The van der Waals surface area contributed by atoms with Crippen molar-refractivity contribution in [1.29, 1.82) is 0 Å². The van der Waals surface area contributed by atoms with Crippen molar-refractivity contribution in [2.45, 2.75) is 51.5 Å². The third-order valence-corrected chi connectivity index (χ3v) is 4.09. The Morgan fingerprint density at radius 3 is 2.78 bits per heavy atom. The van der Waals surface area contributed by atoms with Crippen LogP contribution >= 0.6 is 0 Å². The lowest BCUT2D eigenvalue weighted by Crippen LogP contribution is -2.11. The molecule has 0 aliphatic heterocycles. The van der Waals surface area contributed by atoms with E-state index in [2.05, 4.69) is 17.6 Å². The van der Waals surface area contributed by atoms with E-state index >= 15 is 0 Å². The number of aryl methyl sites for hydroxylation is 1. The number of benzene rings is 1. The van der Waals surface area contributed by atoms with Crippen molar-refractivity contribution in [2.75, 3.05) is 5.73 Å². The summed E-state index contributed by atoms with van der Waals surface area (Å²) < 4.78 is 2.37. The highest BCUT2D eigenvalue weighted by Crippen LogP contribution is 2.34. The summed E-state index contributed by atoms with van der Waals surface area (Å²) in [6, 6.07) is 6.07. The molecular formula is C15H21N3. The maximum atomic E-state index is 5.85. The number of nitrogen functional groups attached to an aromatic ring is 1. The van der Waals surface area contributed by atoms with Gasteiger partial charge < -0.3 is 10.3 Å². The monoisotopic (exact) mass is 243 g/mol. The quantitative estimate of drug-likeness (QED) is 0.817. The van der Waals surface area contributed by atoms with Crippen molar-refractivity contribution >= 4 is 16.7 Å². The van der Waals surface area contributed by atoms with E-state index in [1.807, 2.05) is 12.1 Å². The molecule has 96 valence electrons. The van der Waals surface area contributed by atoms with Crippen molar-refractivity contribution in [3.05, 3.63) is 24.0 Å². The Kier molecular flexibility index (Phi) is 2.98. The summed E-state index contributed by atoms with van der Waals surface area (Å²) in [5.74, 6) is 1.92. The number of anilines is 1. The molecule has 2 N–H and O–H groups in total. The molecule has 1 aliphatic carbocycles. The van der Waals surface area contributed by atoms with Gasteiger partial charge >= 0.3 is 0 Å². The fraction of sp³-hybridized carbons (Fsp3) is 0.533. The lowest BCUT2D eigenvalue weighted by atomic mass is 9.88. The molecule has 0 atom stereocenters. The van der Waals surface area contributed by atoms with Crippen LogP contribution in [0.5, 0.6) is 0 Å². The topological polar surface area (TPSA) is 43.8 Å². The molecule has 0 spiro atoms. The van der Waals surface area contributed by atoms with Crippen LogP contribution in [0.1, 0.15) is 50.8 Å². The Morgan fingerprint density at radius 1 is 1.28 bits per heavy atom. The molecule has 18 heavy (non-hydrogen) atoms. The average molecular weight is 243 g/mol. The van der Waals surface area contributed by atoms with Gasteiger partial charge in [0.25, 0.3) is 0 Å². The van der Waals surface area contributed by atoms with Crippen LogP contribution in [0.3, 0.4) is 0 Å². The van der Waals surface area contributed by atoms with Gasteiger partial charge in [-0.05, 0) is 38.0 Å². The Hall–Kier alpha value is -1.51. The van der Waals surface area contributed by atoms with Gasteiger partial charge in [-0.2, -0.15) is 0 Å². The number of fused-ring (bicyclic) bond motifs is 1. The highest BCUT2D eigenvalue weighted by atomic mass is 15.1. The second-order valence-corrected chi connectivity index (χ2v) is 5.30. The van der Waals surface area contributed by atoms with E-state index < -0.39 is 0 Å². The number of aromatic nitrogens is 2. The summed E-state index contributed by atoms with van der Waals surface area (Å²) in [5, 5.41) is 0. The second kappa shape index (κ2) is 4.63. The Balaban J connectivity index is 2.09. The molecule has 1 heterocycles. The van der Waals surface area contributed by atoms with Crippen LogP contribution in [0.2, 0.25) is 0 Å². The Morgan fingerprint density at radius 2 is 2.06 bits per heavy atom. The average Bonchev–Trinajstić information content (AvgIpc) is 2.77. The highest BCUT2D eigenvalue weighted by molar-refractivity contribution is 5.79. The summed E-state index contributed by atoms with van der Waals surface area (Å²) >= 11 is 0.